The lowest BCUT2D eigenvalue weighted by Gasteiger charge is -2.50. The van der Waals surface area contributed by atoms with Crippen LogP contribution < -0.4 is 0 Å². The Balaban J connectivity index is 2.00. The maximum absolute atomic E-state index is 10.9. The summed E-state index contributed by atoms with van der Waals surface area (Å²) >= 11 is 12.2. The molecule has 1 heterocycles. The second-order valence-electron chi connectivity index (χ2n) is 5.71. The number of ether oxygens (including phenoxy) is 1. The fourth-order valence-corrected chi connectivity index (χ4v) is 3.46. The molecule has 3 nitrogen and oxygen atoms in total. The summed E-state index contributed by atoms with van der Waals surface area (Å²) in [5.41, 5.74) is 1.18. The zero-order chi connectivity index (χ0) is 15.7. The molecule has 0 unspecified atom stereocenters. The molecule has 1 aromatic heterocycles. The third-order valence-electron chi connectivity index (χ3n) is 4.50. The Morgan fingerprint density at radius 1 is 1.23 bits per heavy atom. The molecule has 3 rings (SSSR count). The van der Waals surface area contributed by atoms with Crippen LogP contribution in [0.4, 0.5) is 0 Å². The maximum Gasteiger partial charge on any atom is 0.106 e. The molecule has 0 saturated heterocycles. The fourth-order valence-electron chi connectivity index (χ4n) is 3.16. The molecule has 1 N–H and O–H groups in total. The molecule has 1 aliphatic rings. The van der Waals surface area contributed by atoms with E-state index in [1.54, 1.807) is 19.4 Å². The van der Waals surface area contributed by atoms with Crippen LogP contribution in [0.15, 0.2) is 42.6 Å². The predicted molar refractivity (Wildman–Crippen MR) is 87.4 cm³/mol. The molecule has 2 aromatic rings. The highest BCUT2D eigenvalue weighted by molar-refractivity contribution is 6.42. The van der Waals surface area contributed by atoms with Gasteiger partial charge in [-0.2, -0.15) is 0 Å². The molecule has 0 bridgehead atoms. The SMILES string of the molecule is COC1CC(c2ccc(Cl)c(Cl)c2)([C@H](O)c2ccccn2)C1. The molecule has 0 aliphatic heterocycles. The van der Waals surface area contributed by atoms with Gasteiger partial charge in [-0.3, -0.25) is 4.98 Å². The van der Waals surface area contributed by atoms with E-state index in [2.05, 4.69) is 4.98 Å². The number of hydrogen-bond acceptors (Lipinski definition) is 3. The summed E-state index contributed by atoms with van der Waals surface area (Å²) in [6, 6.07) is 11.1. The van der Waals surface area contributed by atoms with Gasteiger partial charge in [-0.05, 0) is 42.7 Å². The average Bonchev–Trinajstić information content (AvgIpc) is 2.50. The second kappa shape index (κ2) is 6.17. The second-order valence-corrected chi connectivity index (χ2v) is 6.52. The number of halogens is 2. The minimum Gasteiger partial charge on any atom is -0.386 e. The highest BCUT2D eigenvalue weighted by atomic mass is 35.5. The van der Waals surface area contributed by atoms with Gasteiger partial charge in [0.2, 0.25) is 0 Å². The Kier molecular flexibility index (Phi) is 4.42. The van der Waals surface area contributed by atoms with Gasteiger partial charge in [0.25, 0.3) is 0 Å². The molecule has 5 heteroatoms. The third-order valence-corrected chi connectivity index (χ3v) is 5.24. The normalized spacial score (nSPS) is 25.5. The Morgan fingerprint density at radius 2 is 2.00 bits per heavy atom. The number of pyridine rings is 1. The zero-order valence-electron chi connectivity index (χ0n) is 12.2. The van der Waals surface area contributed by atoms with E-state index in [0.717, 1.165) is 18.4 Å². The summed E-state index contributed by atoms with van der Waals surface area (Å²) in [7, 11) is 1.69. The van der Waals surface area contributed by atoms with E-state index in [9.17, 15) is 5.11 Å². The van der Waals surface area contributed by atoms with Gasteiger partial charge in [-0.1, -0.05) is 35.3 Å². The highest BCUT2D eigenvalue weighted by Gasteiger charge is 2.51. The Hall–Kier alpha value is -1.13. The number of nitrogens with zero attached hydrogens (tertiary/aromatic N) is 1. The van der Waals surface area contributed by atoms with Crippen molar-refractivity contribution in [2.75, 3.05) is 7.11 Å². The van der Waals surface area contributed by atoms with E-state index in [0.29, 0.717) is 15.7 Å². The molecule has 116 valence electrons. The quantitative estimate of drug-likeness (QED) is 0.910. The van der Waals surface area contributed by atoms with Gasteiger partial charge >= 0.3 is 0 Å². The summed E-state index contributed by atoms with van der Waals surface area (Å²) in [6.45, 7) is 0. The van der Waals surface area contributed by atoms with Crippen LogP contribution in [0, 0.1) is 0 Å². The molecular formula is C17H17Cl2NO2. The highest BCUT2D eigenvalue weighted by Crippen LogP contribution is 2.53. The number of benzene rings is 1. The summed E-state index contributed by atoms with van der Waals surface area (Å²) in [4.78, 5) is 4.29. The molecule has 1 fully saturated rings. The number of hydrogen-bond donors (Lipinski definition) is 1. The maximum atomic E-state index is 10.9. The summed E-state index contributed by atoms with van der Waals surface area (Å²) in [5.74, 6) is 0. The topological polar surface area (TPSA) is 42.4 Å². The first-order valence-electron chi connectivity index (χ1n) is 7.14. The standard InChI is InChI=1S/C17H17Cl2NO2/c1-22-12-9-17(10-12,11-5-6-13(18)14(19)8-11)16(21)15-4-2-3-7-20-15/h2-8,12,16,21H,9-10H2,1H3/t12?,16-,17?/m1/s1. The molecule has 1 saturated carbocycles. The van der Waals surface area contributed by atoms with Gasteiger partial charge in [0.05, 0.1) is 21.8 Å². The van der Waals surface area contributed by atoms with Gasteiger partial charge in [0.15, 0.2) is 0 Å². The summed E-state index contributed by atoms with van der Waals surface area (Å²) in [6.07, 6.45) is 2.55. The van der Waals surface area contributed by atoms with E-state index in [1.807, 2.05) is 30.3 Å². The van der Waals surface area contributed by atoms with Crippen LogP contribution in [0.3, 0.4) is 0 Å². The molecule has 1 atom stereocenters. The van der Waals surface area contributed by atoms with Gasteiger partial charge in [-0.25, -0.2) is 0 Å². The van der Waals surface area contributed by atoms with Crippen molar-refractivity contribution in [2.24, 2.45) is 0 Å². The van der Waals surface area contributed by atoms with Crippen molar-refractivity contribution in [1.82, 2.24) is 4.98 Å². The first-order chi connectivity index (χ1) is 10.6. The minimum absolute atomic E-state index is 0.132. The fraction of sp³-hybridized carbons (Fsp3) is 0.353. The van der Waals surface area contributed by atoms with Crippen molar-refractivity contribution in [1.29, 1.82) is 0 Å². The number of aromatic nitrogens is 1. The number of aliphatic hydroxyl groups excluding tert-OH is 1. The van der Waals surface area contributed by atoms with Crippen molar-refractivity contribution in [3.63, 3.8) is 0 Å². The lowest BCUT2D eigenvalue weighted by molar-refractivity contribution is -0.0776. The predicted octanol–water partition coefficient (Wildman–Crippen LogP) is 4.17. The molecule has 22 heavy (non-hydrogen) atoms. The molecule has 0 amide bonds. The van der Waals surface area contributed by atoms with Crippen LogP contribution >= 0.6 is 23.2 Å². The number of aliphatic hydroxyl groups is 1. The molecule has 0 spiro atoms. The lowest BCUT2D eigenvalue weighted by Crippen LogP contribution is -2.50. The molecular weight excluding hydrogens is 321 g/mol. The van der Waals surface area contributed by atoms with Crippen molar-refractivity contribution < 1.29 is 9.84 Å². The van der Waals surface area contributed by atoms with E-state index >= 15 is 0 Å². The van der Waals surface area contributed by atoms with E-state index in [4.69, 9.17) is 27.9 Å². The molecule has 0 radical (unpaired) electrons. The minimum atomic E-state index is -0.711. The van der Waals surface area contributed by atoms with Crippen molar-refractivity contribution in [3.8, 4) is 0 Å². The first-order valence-corrected chi connectivity index (χ1v) is 7.90. The lowest BCUT2D eigenvalue weighted by atomic mass is 9.59. The largest absolute Gasteiger partial charge is 0.386 e. The average molecular weight is 338 g/mol. The monoisotopic (exact) mass is 337 g/mol. The molecule has 1 aromatic carbocycles. The van der Waals surface area contributed by atoms with Crippen LogP contribution in [0.2, 0.25) is 10.0 Å². The van der Waals surface area contributed by atoms with Gasteiger partial charge in [0.1, 0.15) is 6.10 Å². The van der Waals surface area contributed by atoms with Gasteiger partial charge < -0.3 is 9.84 Å². The van der Waals surface area contributed by atoms with Gasteiger partial charge in [-0.15, -0.1) is 0 Å². The van der Waals surface area contributed by atoms with Crippen LogP contribution in [-0.4, -0.2) is 23.3 Å². The van der Waals surface area contributed by atoms with E-state index < -0.39 is 11.5 Å². The Bertz CT molecular complexity index is 657. The Labute approximate surface area is 139 Å². The van der Waals surface area contributed by atoms with Crippen LogP contribution in [0.25, 0.3) is 0 Å². The van der Waals surface area contributed by atoms with Crippen LogP contribution in [0.1, 0.15) is 30.2 Å². The zero-order valence-corrected chi connectivity index (χ0v) is 13.7. The van der Waals surface area contributed by atoms with Crippen molar-refractivity contribution in [2.45, 2.75) is 30.5 Å². The summed E-state index contributed by atoms with van der Waals surface area (Å²) < 4.78 is 5.41. The number of methoxy groups -OCH3 is 1. The van der Waals surface area contributed by atoms with E-state index in [1.165, 1.54) is 0 Å². The third kappa shape index (κ3) is 2.63. The smallest absolute Gasteiger partial charge is 0.106 e. The number of rotatable bonds is 4. The van der Waals surface area contributed by atoms with Gasteiger partial charge in [0, 0.05) is 18.7 Å². The van der Waals surface area contributed by atoms with Crippen molar-refractivity contribution in [3.05, 3.63) is 63.9 Å². The van der Waals surface area contributed by atoms with E-state index in [-0.39, 0.29) is 6.10 Å². The Morgan fingerprint density at radius 3 is 2.59 bits per heavy atom. The van der Waals surface area contributed by atoms with Crippen molar-refractivity contribution >= 4 is 23.2 Å². The van der Waals surface area contributed by atoms with Crippen LogP contribution in [-0.2, 0) is 10.2 Å². The first kappa shape index (κ1) is 15.8. The summed E-state index contributed by atoms with van der Waals surface area (Å²) in [5, 5.41) is 11.9. The molecule has 1 aliphatic carbocycles. The van der Waals surface area contributed by atoms with Crippen LogP contribution in [0.5, 0.6) is 0 Å².